The molecule has 3 N–H and O–H groups in total. The average molecular weight is 300 g/mol. The number of aliphatic hydroxyl groups excluding tert-OH is 1. The Hall–Kier alpha value is -1.40. The Labute approximate surface area is 126 Å². The minimum absolute atomic E-state index is 0.0956. The van der Waals surface area contributed by atoms with Crippen LogP contribution in [-0.4, -0.2) is 52.3 Å². The summed E-state index contributed by atoms with van der Waals surface area (Å²) in [6.45, 7) is 7.09. The number of rotatable bonds is 12. The fourth-order valence-corrected chi connectivity index (χ4v) is 1.88. The first-order valence-corrected chi connectivity index (χ1v) is 7.41. The lowest BCUT2D eigenvalue weighted by Gasteiger charge is -2.27. The molecule has 0 aromatic carbocycles. The molecule has 0 bridgehead atoms. The summed E-state index contributed by atoms with van der Waals surface area (Å²) >= 11 is 0. The van der Waals surface area contributed by atoms with Gasteiger partial charge in [-0.2, -0.15) is 0 Å². The van der Waals surface area contributed by atoms with Gasteiger partial charge < -0.3 is 15.5 Å². The Morgan fingerprint density at radius 3 is 2.48 bits per heavy atom. The maximum Gasteiger partial charge on any atom is 0.320 e. The maximum absolute atomic E-state index is 11.7. The van der Waals surface area contributed by atoms with Gasteiger partial charge in [0.2, 0.25) is 5.91 Å². The van der Waals surface area contributed by atoms with E-state index in [-0.39, 0.29) is 19.1 Å². The summed E-state index contributed by atoms with van der Waals surface area (Å²) in [5.74, 6) is -1.07. The zero-order valence-corrected chi connectivity index (χ0v) is 13.0. The molecule has 122 valence electrons. The van der Waals surface area contributed by atoms with Crippen LogP contribution in [0.25, 0.3) is 0 Å². The first-order valence-electron chi connectivity index (χ1n) is 7.41. The van der Waals surface area contributed by atoms with Gasteiger partial charge in [-0.25, -0.2) is 0 Å². The third kappa shape index (κ3) is 10.0. The van der Waals surface area contributed by atoms with Crippen LogP contribution in [-0.2, 0) is 9.59 Å². The monoisotopic (exact) mass is 300 g/mol. The predicted molar refractivity (Wildman–Crippen MR) is 81.8 cm³/mol. The average Bonchev–Trinajstić information content (AvgIpc) is 2.41. The van der Waals surface area contributed by atoms with Crippen LogP contribution < -0.4 is 5.32 Å². The Kier molecular flexibility index (Phi) is 10.5. The van der Waals surface area contributed by atoms with E-state index in [1.807, 2.05) is 6.08 Å². The zero-order valence-electron chi connectivity index (χ0n) is 13.0. The number of carbonyl (C=O) groups excluding carboxylic acids is 1. The molecule has 21 heavy (non-hydrogen) atoms. The minimum atomic E-state index is -0.977. The van der Waals surface area contributed by atoms with Crippen molar-refractivity contribution in [3.63, 3.8) is 0 Å². The summed E-state index contributed by atoms with van der Waals surface area (Å²) in [5.41, 5.74) is 0. The largest absolute Gasteiger partial charge is 0.480 e. The molecule has 0 radical (unpaired) electrons. The molecule has 0 aromatic heterocycles. The molecular weight excluding hydrogens is 272 g/mol. The minimum Gasteiger partial charge on any atom is -0.480 e. The second-order valence-electron chi connectivity index (χ2n) is 5.28. The fraction of sp³-hybridized carbons (Fsp3) is 0.733. The number of nitrogens with one attached hydrogen (secondary N) is 1. The second-order valence-corrected chi connectivity index (χ2v) is 5.28. The van der Waals surface area contributed by atoms with E-state index >= 15 is 0 Å². The third-order valence-corrected chi connectivity index (χ3v) is 3.20. The number of aliphatic carboxylic acids is 1. The molecule has 0 fully saturated rings. The molecule has 6 heteroatoms. The number of carbonyl (C=O) groups is 2. The maximum atomic E-state index is 11.7. The summed E-state index contributed by atoms with van der Waals surface area (Å²) in [5, 5.41) is 21.1. The molecule has 0 saturated carbocycles. The van der Waals surface area contributed by atoms with Gasteiger partial charge in [-0.15, -0.1) is 6.58 Å². The Morgan fingerprint density at radius 2 is 1.95 bits per heavy atom. The fourth-order valence-electron chi connectivity index (χ4n) is 1.88. The predicted octanol–water partition coefficient (Wildman–Crippen LogP) is 1.35. The quantitative estimate of drug-likeness (QED) is 0.287. The van der Waals surface area contributed by atoms with Gasteiger partial charge in [-0.1, -0.05) is 12.5 Å². The number of amides is 1. The Balaban J connectivity index is 4.07. The molecule has 0 heterocycles. The number of unbranched alkanes of at least 4 members (excludes halogenated alkanes) is 3. The van der Waals surface area contributed by atoms with E-state index < -0.39 is 18.1 Å². The highest BCUT2D eigenvalue weighted by molar-refractivity contribution is 5.76. The van der Waals surface area contributed by atoms with E-state index in [2.05, 4.69) is 11.9 Å². The third-order valence-electron chi connectivity index (χ3n) is 3.20. The first kappa shape index (κ1) is 19.6. The van der Waals surface area contributed by atoms with Crippen molar-refractivity contribution in [3.8, 4) is 0 Å². The van der Waals surface area contributed by atoms with Gasteiger partial charge in [0.05, 0.1) is 12.8 Å². The molecule has 2 unspecified atom stereocenters. The lowest BCUT2D eigenvalue weighted by Crippen LogP contribution is -2.48. The van der Waals surface area contributed by atoms with E-state index in [0.29, 0.717) is 6.42 Å². The molecule has 0 aliphatic rings. The van der Waals surface area contributed by atoms with Gasteiger partial charge in [0.15, 0.2) is 0 Å². The normalized spacial score (nSPS) is 13.7. The van der Waals surface area contributed by atoms with Crippen LogP contribution in [0, 0.1) is 0 Å². The topological polar surface area (TPSA) is 89.9 Å². The molecule has 6 nitrogen and oxygen atoms in total. The van der Waals surface area contributed by atoms with Crippen molar-refractivity contribution in [1.82, 2.24) is 10.2 Å². The summed E-state index contributed by atoms with van der Waals surface area (Å²) in [6, 6.07) is -0.757. The molecule has 0 aromatic rings. The van der Waals surface area contributed by atoms with Crippen molar-refractivity contribution in [3.05, 3.63) is 12.7 Å². The highest BCUT2D eigenvalue weighted by Gasteiger charge is 2.22. The number of hydrogen-bond donors (Lipinski definition) is 3. The van der Waals surface area contributed by atoms with Crippen LogP contribution in [0.2, 0.25) is 0 Å². The zero-order chi connectivity index (χ0) is 16.3. The number of allylic oxidation sites excluding steroid dienone is 1. The lowest BCUT2D eigenvalue weighted by molar-refractivity contribution is -0.143. The van der Waals surface area contributed by atoms with E-state index in [1.165, 1.54) is 11.8 Å². The Bertz CT molecular complexity index is 332. The molecule has 0 aliphatic carbocycles. The number of hydrogen-bond acceptors (Lipinski definition) is 4. The molecule has 1 amide bonds. The van der Waals surface area contributed by atoms with Gasteiger partial charge in [-0.3, -0.25) is 14.5 Å². The van der Waals surface area contributed by atoms with Crippen LogP contribution in [0.15, 0.2) is 12.7 Å². The number of nitrogens with zero attached hydrogens (tertiary/aromatic N) is 1. The summed E-state index contributed by atoms with van der Waals surface area (Å²) < 4.78 is 0. The van der Waals surface area contributed by atoms with Crippen molar-refractivity contribution < 1.29 is 19.8 Å². The molecule has 0 rings (SSSR count). The molecule has 2 atom stereocenters. The van der Waals surface area contributed by atoms with Gasteiger partial charge >= 0.3 is 5.97 Å². The van der Waals surface area contributed by atoms with Crippen molar-refractivity contribution in [2.75, 3.05) is 13.2 Å². The smallest absolute Gasteiger partial charge is 0.320 e. The van der Waals surface area contributed by atoms with Crippen molar-refractivity contribution in [2.24, 2.45) is 0 Å². The van der Waals surface area contributed by atoms with Crippen molar-refractivity contribution in [2.45, 2.75) is 58.1 Å². The van der Waals surface area contributed by atoms with Crippen LogP contribution >= 0.6 is 0 Å². The van der Waals surface area contributed by atoms with Crippen LogP contribution in [0.3, 0.4) is 0 Å². The summed E-state index contributed by atoms with van der Waals surface area (Å²) in [7, 11) is 0. The van der Waals surface area contributed by atoms with E-state index in [9.17, 15) is 14.7 Å². The summed E-state index contributed by atoms with van der Waals surface area (Å²) in [4.78, 5) is 24.2. The van der Waals surface area contributed by atoms with E-state index in [0.717, 1.165) is 25.7 Å². The first-order chi connectivity index (χ1) is 9.88. The second kappa shape index (κ2) is 11.3. The van der Waals surface area contributed by atoms with Crippen LogP contribution in [0.1, 0.15) is 46.0 Å². The van der Waals surface area contributed by atoms with Gasteiger partial charge in [-0.05, 0) is 33.1 Å². The molecule has 0 saturated heterocycles. The van der Waals surface area contributed by atoms with Crippen LogP contribution in [0.5, 0.6) is 0 Å². The van der Waals surface area contributed by atoms with Gasteiger partial charge in [0.25, 0.3) is 0 Å². The van der Waals surface area contributed by atoms with Crippen molar-refractivity contribution in [1.29, 1.82) is 0 Å². The SMILES string of the molecule is C=CCCCCCC(=O)NCN(CC(C)O)C(C)C(=O)O. The number of carboxylic acid groups (broad SMARTS) is 1. The van der Waals surface area contributed by atoms with Crippen molar-refractivity contribution >= 4 is 11.9 Å². The highest BCUT2D eigenvalue weighted by Crippen LogP contribution is 2.04. The molecule has 0 spiro atoms. The number of aliphatic hydroxyl groups is 1. The number of carboxylic acids is 1. The highest BCUT2D eigenvalue weighted by atomic mass is 16.4. The summed E-state index contributed by atoms with van der Waals surface area (Å²) in [6.07, 6.45) is 5.42. The molecular formula is C15H28N2O4. The van der Waals surface area contributed by atoms with E-state index in [1.54, 1.807) is 6.92 Å². The standard InChI is InChI=1S/C15H28N2O4/c1-4-5-6-7-8-9-14(19)16-11-17(10-12(2)18)13(3)15(20)21/h4,12-13,18H,1,5-11H2,2-3H3,(H,16,19)(H,20,21). The Morgan fingerprint density at radius 1 is 1.29 bits per heavy atom. The lowest BCUT2D eigenvalue weighted by atomic mass is 10.1. The van der Waals surface area contributed by atoms with Gasteiger partial charge in [0, 0.05) is 13.0 Å². The van der Waals surface area contributed by atoms with Gasteiger partial charge in [0.1, 0.15) is 6.04 Å². The van der Waals surface area contributed by atoms with E-state index in [4.69, 9.17) is 5.11 Å². The van der Waals surface area contributed by atoms with Crippen LogP contribution in [0.4, 0.5) is 0 Å². The molecule has 0 aliphatic heterocycles.